The first kappa shape index (κ1) is 16.0. The van der Waals surface area contributed by atoms with Crippen LogP contribution in [0.25, 0.3) is 0 Å². The number of carbonyl (C=O) groups is 2. The van der Waals surface area contributed by atoms with Crippen molar-refractivity contribution in [1.29, 1.82) is 0 Å². The number of amides is 2. The van der Waals surface area contributed by atoms with E-state index in [0.29, 0.717) is 19.0 Å². The third-order valence-corrected chi connectivity index (χ3v) is 4.76. The summed E-state index contributed by atoms with van der Waals surface area (Å²) in [6.45, 7) is 4.34. The van der Waals surface area contributed by atoms with Gasteiger partial charge in [0, 0.05) is 37.2 Å². The molecule has 0 bridgehead atoms. The van der Waals surface area contributed by atoms with E-state index in [4.69, 9.17) is 0 Å². The molecule has 2 saturated heterocycles. The van der Waals surface area contributed by atoms with Crippen LogP contribution in [0.5, 0.6) is 0 Å². The minimum absolute atomic E-state index is 0.106. The number of carbonyl (C=O) groups excluding carboxylic acids is 2. The van der Waals surface area contributed by atoms with Crippen LogP contribution < -0.4 is 15.5 Å². The molecule has 2 heterocycles. The van der Waals surface area contributed by atoms with Gasteiger partial charge in [0.2, 0.25) is 11.8 Å². The molecule has 1 aromatic rings. The van der Waals surface area contributed by atoms with Gasteiger partial charge in [-0.2, -0.15) is 0 Å². The van der Waals surface area contributed by atoms with E-state index in [9.17, 15) is 9.59 Å². The van der Waals surface area contributed by atoms with E-state index in [1.807, 2.05) is 29.2 Å². The Balaban J connectivity index is 1.58. The highest BCUT2D eigenvalue weighted by Crippen LogP contribution is 2.22. The Hall–Kier alpha value is -1.88. The van der Waals surface area contributed by atoms with Crippen molar-refractivity contribution in [2.24, 2.45) is 5.92 Å². The molecule has 0 unspecified atom stereocenters. The van der Waals surface area contributed by atoms with Crippen molar-refractivity contribution in [2.45, 2.75) is 45.2 Å². The van der Waals surface area contributed by atoms with Gasteiger partial charge in [0.1, 0.15) is 0 Å². The lowest BCUT2D eigenvalue weighted by atomic mass is 9.92. The quantitative estimate of drug-likeness (QED) is 0.891. The van der Waals surface area contributed by atoms with Crippen molar-refractivity contribution in [3.63, 3.8) is 0 Å². The average molecular weight is 315 g/mol. The number of nitrogens with zero attached hydrogens (tertiary/aromatic N) is 1. The van der Waals surface area contributed by atoms with Gasteiger partial charge >= 0.3 is 0 Å². The van der Waals surface area contributed by atoms with Gasteiger partial charge in [0.15, 0.2) is 0 Å². The van der Waals surface area contributed by atoms with Gasteiger partial charge in [-0.05, 0) is 50.4 Å². The second-order valence-electron chi connectivity index (χ2n) is 6.61. The van der Waals surface area contributed by atoms with Gasteiger partial charge in [-0.1, -0.05) is 12.1 Å². The smallest absolute Gasteiger partial charge is 0.227 e. The minimum Gasteiger partial charge on any atom is -0.352 e. The normalized spacial score (nSPS) is 24.7. The van der Waals surface area contributed by atoms with E-state index in [1.165, 1.54) is 0 Å². The van der Waals surface area contributed by atoms with Gasteiger partial charge in [-0.25, -0.2) is 0 Å². The summed E-state index contributed by atoms with van der Waals surface area (Å²) in [7, 11) is 0. The van der Waals surface area contributed by atoms with Crippen molar-refractivity contribution in [3.05, 3.63) is 29.8 Å². The third-order valence-electron chi connectivity index (χ3n) is 4.76. The molecule has 2 aliphatic rings. The predicted molar refractivity (Wildman–Crippen MR) is 90.1 cm³/mol. The molecule has 2 aliphatic heterocycles. The number of nitrogens with one attached hydrogen (secondary N) is 2. The van der Waals surface area contributed by atoms with E-state index >= 15 is 0 Å². The maximum Gasteiger partial charge on any atom is 0.227 e. The Labute approximate surface area is 137 Å². The van der Waals surface area contributed by atoms with Gasteiger partial charge in [0.25, 0.3) is 0 Å². The number of benzene rings is 1. The molecule has 0 radical (unpaired) electrons. The molecule has 2 fully saturated rings. The van der Waals surface area contributed by atoms with E-state index < -0.39 is 0 Å². The van der Waals surface area contributed by atoms with Crippen molar-refractivity contribution >= 4 is 17.5 Å². The summed E-state index contributed by atoms with van der Waals surface area (Å²) in [5.41, 5.74) is 1.98. The summed E-state index contributed by atoms with van der Waals surface area (Å²) in [5, 5.41) is 6.41. The van der Waals surface area contributed by atoms with Crippen molar-refractivity contribution in [2.75, 3.05) is 18.0 Å². The number of anilines is 1. The Morgan fingerprint density at radius 2 is 2.30 bits per heavy atom. The molecule has 5 heteroatoms. The van der Waals surface area contributed by atoms with Crippen LogP contribution in [0.3, 0.4) is 0 Å². The van der Waals surface area contributed by atoms with Gasteiger partial charge in [-0.15, -0.1) is 0 Å². The predicted octanol–water partition coefficient (Wildman–Crippen LogP) is 1.82. The van der Waals surface area contributed by atoms with Crippen LogP contribution in [0.1, 0.15) is 38.2 Å². The lowest BCUT2D eigenvalue weighted by Gasteiger charge is -2.27. The molecule has 0 spiro atoms. The fraction of sp³-hybridized carbons (Fsp3) is 0.556. The van der Waals surface area contributed by atoms with E-state index in [2.05, 4.69) is 17.6 Å². The molecule has 3 rings (SSSR count). The zero-order valence-corrected chi connectivity index (χ0v) is 13.7. The van der Waals surface area contributed by atoms with Gasteiger partial charge < -0.3 is 15.5 Å². The first-order valence-corrected chi connectivity index (χ1v) is 8.54. The summed E-state index contributed by atoms with van der Waals surface area (Å²) in [6, 6.07) is 8.33. The van der Waals surface area contributed by atoms with Crippen LogP contribution in [0.15, 0.2) is 24.3 Å². The van der Waals surface area contributed by atoms with Crippen LogP contribution in [-0.2, 0) is 16.1 Å². The van der Waals surface area contributed by atoms with Crippen LogP contribution in [0.4, 0.5) is 5.69 Å². The summed E-state index contributed by atoms with van der Waals surface area (Å²) in [6.07, 6.45) is 3.36. The lowest BCUT2D eigenvalue weighted by Crippen LogP contribution is -2.42. The van der Waals surface area contributed by atoms with E-state index in [-0.39, 0.29) is 17.7 Å². The Bertz CT molecular complexity index is 587. The molecule has 2 N–H and O–H groups in total. The van der Waals surface area contributed by atoms with Gasteiger partial charge in [-0.3, -0.25) is 9.59 Å². The standard InChI is InChI=1S/C18H25N3O2/c1-13-10-15(7-8-19-13)18(23)20-12-14-4-2-5-16(11-14)21-9-3-6-17(21)22/h2,4-5,11,13,15,19H,3,6-10,12H2,1H3,(H,20,23)/t13-,15-/m0/s1. The number of hydrogen-bond donors (Lipinski definition) is 2. The summed E-state index contributed by atoms with van der Waals surface area (Å²) < 4.78 is 0. The first-order valence-electron chi connectivity index (χ1n) is 8.54. The van der Waals surface area contributed by atoms with Crippen molar-refractivity contribution in [3.8, 4) is 0 Å². The minimum atomic E-state index is 0.106. The summed E-state index contributed by atoms with van der Waals surface area (Å²) in [4.78, 5) is 26.0. The Morgan fingerprint density at radius 1 is 1.43 bits per heavy atom. The molecule has 0 aliphatic carbocycles. The van der Waals surface area contributed by atoms with E-state index in [1.54, 1.807) is 0 Å². The van der Waals surface area contributed by atoms with Crippen molar-refractivity contribution < 1.29 is 9.59 Å². The van der Waals surface area contributed by atoms with Crippen LogP contribution >= 0.6 is 0 Å². The average Bonchev–Trinajstić information content (AvgIpc) is 2.99. The third kappa shape index (κ3) is 3.91. The highest BCUT2D eigenvalue weighted by molar-refractivity contribution is 5.95. The SMILES string of the molecule is C[C@H]1C[C@@H](C(=O)NCc2cccc(N3CCCC3=O)c2)CCN1. The Kier molecular flexibility index (Phi) is 4.96. The number of piperidine rings is 1. The fourth-order valence-electron chi connectivity index (χ4n) is 3.46. The molecule has 5 nitrogen and oxygen atoms in total. The van der Waals surface area contributed by atoms with Crippen LogP contribution in [-0.4, -0.2) is 30.9 Å². The Morgan fingerprint density at radius 3 is 3.04 bits per heavy atom. The lowest BCUT2D eigenvalue weighted by molar-refractivity contribution is -0.126. The zero-order valence-electron chi connectivity index (χ0n) is 13.7. The summed E-state index contributed by atoms with van der Waals surface area (Å²) >= 11 is 0. The first-order chi connectivity index (χ1) is 11.1. The molecule has 0 aromatic heterocycles. The highest BCUT2D eigenvalue weighted by Gasteiger charge is 2.25. The monoisotopic (exact) mass is 315 g/mol. The van der Waals surface area contributed by atoms with E-state index in [0.717, 1.165) is 43.6 Å². The van der Waals surface area contributed by atoms with Gasteiger partial charge in [0.05, 0.1) is 0 Å². The molecule has 2 atom stereocenters. The van der Waals surface area contributed by atoms with Crippen LogP contribution in [0, 0.1) is 5.92 Å². The highest BCUT2D eigenvalue weighted by atomic mass is 16.2. The molecule has 2 amide bonds. The maximum absolute atomic E-state index is 12.3. The van der Waals surface area contributed by atoms with Crippen molar-refractivity contribution in [1.82, 2.24) is 10.6 Å². The molecular formula is C18H25N3O2. The number of hydrogen-bond acceptors (Lipinski definition) is 3. The zero-order chi connectivity index (χ0) is 16.2. The maximum atomic E-state index is 12.3. The number of rotatable bonds is 4. The summed E-state index contributed by atoms with van der Waals surface area (Å²) in [5.74, 6) is 0.436. The second-order valence-corrected chi connectivity index (χ2v) is 6.61. The largest absolute Gasteiger partial charge is 0.352 e. The topological polar surface area (TPSA) is 61.4 Å². The van der Waals surface area contributed by atoms with Crippen LogP contribution in [0.2, 0.25) is 0 Å². The fourth-order valence-corrected chi connectivity index (χ4v) is 3.46. The second kappa shape index (κ2) is 7.13. The molecule has 124 valence electrons. The molecule has 0 saturated carbocycles. The molecular weight excluding hydrogens is 290 g/mol. The molecule has 23 heavy (non-hydrogen) atoms. The molecule has 1 aromatic carbocycles.